The van der Waals surface area contributed by atoms with E-state index in [2.05, 4.69) is 6.07 Å². The first-order valence-corrected chi connectivity index (χ1v) is 7.25. The van der Waals surface area contributed by atoms with Gasteiger partial charge in [-0.05, 0) is 35.9 Å². The molecule has 0 atom stereocenters. The second-order valence-corrected chi connectivity index (χ2v) is 5.43. The second-order valence-electron chi connectivity index (χ2n) is 5.43. The van der Waals surface area contributed by atoms with Crippen LogP contribution in [0.4, 0.5) is 0 Å². The molecule has 0 saturated carbocycles. The van der Waals surface area contributed by atoms with Gasteiger partial charge in [0.2, 0.25) is 0 Å². The average molecular weight is 286 g/mol. The minimum atomic E-state index is -0.662. The van der Waals surface area contributed by atoms with Crippen molar-refractivity contribution in [1.82, 2.24) is 0 Å². The molecule has 1 aliphatic carbocycles. The molecule has 0 unspecified atom stereocenters. The van der Waals surface area contributed by atoms with Gasteiger partial charge >= 0.3 is 0 Å². The van der Waals surface area contributed by atoms with Crippen molar-refractivity contribution in [3.05, 3.63) is 95.6 Å². The Labute approximate surface area is 129 Å². The van der Waals surface area contributed by atoms with Gasteiger partial charge in [0.05, 0.1) is 0 Å². The van der Waals surface area contributed by atoms with E-state index < -0.39 is 5.60 Å². The van der Waals surface area contributed by atoms with Crippen molar-refractivity contribution in [3.8, 4) is 0 Å². The first-order chi connectivity index (χ1) is 10.8. The molecule has 0 aromatic heterocycles. The minimum Gasteiger partial charge on any atom is -0.474 e. The molecule has 2 aromatic rings. The van der Waals surface area contributed by atoms with Crippen molar-refractivity contribution >= 4 is 17.6 Å². The summed E-state index contributed by atoms with van der Waals surface area (Å²) in [4.78, 5) is 11.4. The van der Waals surface area contributed by atoms with Crippen LogP contribution in [0.2, 0.25) is 0 Å². The van der Waals surface area contributed by atoms with Crippen LogP contribution in [0.1, 0.15) is 16.7 Å². The summed E-state index contributed by atoms with van der Waals surface area (Å²) in [7, 11) is 0. The topological polar surface area (TPSA) is 26.3 Å². The third kappa shape index (κ3) is 2.01. The highest BCUT2D eigenvalue weighted by molar-refractivity contribution is 6.01. The Kier molecular flexibility index (Phi) is 2.83. The number of ketones is 1. The molecule has 0 radical (unpaired) electrons. The monoisotopic (exact) mass is 286 g/mol. The Morgan fingerprint density at radius 1 is 0.864 bits per heavy atom. The number of carbonyl (C=O) groups is 1. The van der Waals surface area contributed by atoms with Crippen molar-refractivity contribution in [2.24, 2.45) is 0 Å². The number of hydrogen-bond acceptors (Lipinski definition) is 2. The Morgan fingerprint density at radius 3 is 2.32 bits per heavy atom. The van der Waals surface area contributed by atoms with Crippen molar-refractivity contribution in [2.75, 3.05) is 0 Å². The van der Waals surface area contributed by atoms with Crippen LogP contribution in [0.3, 0.4) is 0 Å². The summed E-state index contributed by atoms with van der Waals surface area (Å²) in [5, 5.41) is 0. The Hall–Kier alpha value is -2.87. The lowest BCUT2D eigenvalue weighted by atomic mass is 9.88. The predicted octanol–water partition coefficient (Wildman–Crippen LogP) is 4.11. The van der Waals surface area contributed by atoms with Gasteiger partial charge in [-0.2, -0.15) is 0 Å². The summed E-state index contributed by atoms with van der Waals surface area (Å²) in [6.45, 7) is 0. The average Bonchev–Trinajstić information content (AvgIpc) is 2.86. The van der Waals surface area contributed by atoms with Crippen LogP contribution in [-0.4, -0.2) is 5.78 Å². The third-order valence-corrected chi connectivity index (χ3v) is 3.98. The van der Waals surface area contributed by atoms with Crippen LogP contribution in [0.25, 0.3) is 11.8 Å². The predicted molar refractivity (Wildman–Crippen MR) is 86.8 cm³/mol. The summed E-state index contributed by atoms with van der Waals surface area (Å²) < 4.78 is 6.25. The Balaban J connectivity index is 1.85. The minimum absolute atomic E-state index is 0.00723. The van der Waals surface area contributed by atoms with Crippen LogP contribution in [0.5, 0.6) is 0 Å². The number of benzene rings is 2. The first-order valence-electron chi connectivity index (χ1n) is 7.25. The summed E-state index contributed by atoms with van der Waals surface area (Å²) in [5.74, 6) is 0.817. The Morgan fingerprint density at radius 2 is 1.55 bits per heavy atom. The number of rotatable bonds is 1. The lowest BCUT2D eigenvalue weighted by Gasteiger charge is -2.24. The van der Waals surface area contributed by atoms with Gasteiger partial charge in [0.1, 0.15) is 5.76 Å². The maximum Gasteiger partial charge on any atom is 0.178 e. The van der Waals surface area contributed by atoms with E-state index in [1.165, 1.54) is 0 Å². The van der Waals surface area contributed by atoms with E-state index >= 15 is 0 Å². The number of hydrogen-bond donors (Lipinski definition) is 0. The van der Waals surface area contributed by atoms with E-state index in [1.807, 2.05) is 66.8 Å². The van der Waals surface area contributed by atoms with Gasteiger partial charge in [-0.1, -0.05) is 54.6 Å². The van der Waals surface area contributed by atoms with Crippen LogP contribution in [-0.2, 0) is 15.1 Å². The smallest absolute Gasteiger partial charge is 0.178 e. The van der Waals surface area contributed by atoms with Gasteiger partial charge in [0.15, 0.2) is 11.4 Å². The number of carbonyl (C=O) groups excluding carboxylic acids is 1. The van der Waals surface area contributed by atoms with Crippen LogP contribution >= 0.6 is 0 Å². The van der Waals surface area contributed by atoms with E-state index in [9.17, 15) is 4.79 Å². The molecule has 0 N–H and O–H groups in total. The first kappa shape index (κ1) is 12.8. The molecule has 2 aromatic carbocycles. The van der Waals surface area contributed by atoms with E-state index in [1.54, 1.807) is 12.2 Å². The fourth-order valence-electron chi connectivity index (χ4n) is 2.91. The van der Waals surface area contributed by atoms with Crippen molar-refractivity contribution in [3.63, 3.8) is 0 Å². The zero-order valence-corrected chi connectivity index (χ0v) is 11.9. The van der Waals surface area contributed by atoms with E-state index in [0.29, 0.717) is 0 Å². The number of fused-ring (bicyclic) bond motifs is 2. The van der Waals surface area contributed by atoms with Crippen molar-refractivity contribution in [1.29, 1.82) is 0 Å². The quantitative estimate of drug-likeness (QED) is 0.788. The molecule has 106 valence electrons. The van der Waals surface area contributed by atoms with Crippen molar-refractivity contribution in [2.45, 2.75) is 5.60 Å². The number of allylic oxidation sites excluding steroid dienone is 2. The van der Waals surface area contributed by atoms with Crippen LogP contribution in [0.15, 0.2) is 78.9 Å². The molecular formula is C20H14O2. The van der Waals surface area contributed by atoms with Crippen LogP contribution in [0, 0.1) is 0 Å². The standard InChI is InChI=1S/C20H14O2/c21-16-10-12-20(13-11-16)18-9-5-4-8-17(18)19(22-20)14-15-6-2-1-3-7-15/h1-14H/b19-14-. The van der Waals surface area contributed by atoms with Gasteiger partial charge in [-0.3, -0.25) is 4.79 Å². The van der Waals surface area contributed by atoms with Crippen molar-refractivity contribution < 1.29 is 9.53 Å². The fraction of sp³-hybridized carbons (Fsp3) is 0.0500. The van der Waals surface area contributed by atoms with E-state index in [0.717, 1.165) is 22.4 Å². The largest absolute Gasteiger partial charge is 0.474 e. The molecule has 22 heavy (non-hydrogen) atoms. The number of ether oxygens (including phenoxy) is 1. The normalized spacial score (nSPS) is 19.5. The van der Waals surface area contributed by atoms with E-state index in [-0.39, 0.29) is 5.78 Å². The fourth-order valence-corrected chi connectivity index (χ4v) is 2.91. The highest BCUT2D eigenvalue weighted by Gasteiger charge is 2.40. The molecule has 2 aliphatic rings. The SMILES string of the molecule is O=C1C=CC2(C=C1)O/C(=C\c1ccccc1)c1ccccc12. The molecule has 2 heteroatoms. The maximum atomic E-state index is 11.4. The van der Waals surface area contributed by atoms with Gasteiger partial charge < -0.3 is 4.74 Å². The molecule has 4 rings (SSSR count). The lowest BCUT2D eigenvalue weighted by Crippen LogP contribution is -2.22. The van der Waals surface area contributed by atoms with Gasteiger partial charge in [-0.25, -0.2) is 0 Å². The van der Waals surface area contributed by atoms with Gasteiger partial charge in [-0.15, -0.1) is 0 Å². The van der Waals surface area contributed by atoms with E-state index in [4.69, 9.17) is 4.74 Å². The Bertz CT molecular complexity index is 810. The molecule has 0 bridgehead atoms. The van der Waals surface area contributed by atoms with Gasteiger partial charge in [0, 0.05) is 11.1 Å². The summed E-state index contributed by atoms with van der Waals surface area (Å²) in [6.07, 6.45) is 8.84. The lowest BCUT2D eigenvalue weighted by molar-refractivity contribution is -0.110. The highest BCUT2D eigenvalue weighted by atomic mass is 16.5. The molecule has 2 nitrogen and oxygen atoms in total. The molecule has 1 spiro atoms. The molecule has 1 aliphatic heterocycles. The van der Waals surface area contributed by atoms with Crippen LogP contribution < -0.4 is 0 Å². The summed E-state index contributed by atoms with van der Waals surface area (Å²) >= 11 is 0. The third-order valence-electron chi connectivity index (χ3n) is 3.98. The molecule has 1 heterocycles. The molecule has 0 fully saturated rings. The van der Waals surface area contributed by atoms with Gasteiger partial charge in [0.25, 0.3) is 0 Å². The summed E-state index contributed by atoms with van der Waals surface area (Å²) in [6, 6.07) is 18.2. The zero-order chi connectivity index (χ0) is 15.0. The molecule has 0 amide bonds. The molecule has 0 saturated heterocycles. The summed E-state index contributed by atoms with van der Waals surface area (Å²) in [5.41, 5.74) is 2.56. The zero-order valence-electron chi connectivity index (χ0n) is 11.9. The highest BCUT2D eigenvalue weighted by Crippen LogP contribution is 2.46. The maximum absolute atomic E-state index is 11.4. The second kappa shape index (κ2) is 4.85. The molecular weight excluding hydrogens is 272 g/mol.